The number of hydrogen-bond acceptors (Lipinski definition) is 4. The summed E-state index contributed by atoms with van der Waals surface area (Å²) in [6.45, 7) is 0. The lowest BCUT2D eigenvalue weighted by Crippen LogP contribution is -1.96. The third kappa shape index (κ3) is 1.85. The van der Waals surface area contributed by atoms with Crippen LogP contribution in [0.2, 0.25) is 5.02 Å². The second-order valence-electron chi connectivity index (χ2n) is 3.62. The Labute approximate surface area is 113 Å². The van der Waals surface area contributed by atoms with E-state index in [9.17, 15) is 0 Å². The van der Waals surface area contributed by atoms with Gasteiger partial charge in [0, 0.05) is 16.8 Å². The Bertz CT molecular complexity index is 710. The highest BCUT2D eigenvalue weighted by molar-refractivity contribution is 7.98. The van der Waals surface area contributed by atoms with Crippen LogP contribution < -0.4 is 0 Å². The Kier molecular flexibility index (Phi) is 2.93. The maximum atomic E-state index is 6.21. The van der Waals surface area contributed by atoms with Gasteiger partial charge < -0.3 is 0 Å². The molecule has 0 spiro atoms. The van der Waals surface area contributed by atoms with Gasteiger partial charge in [0.2, 0.25) is 5.16 Å². The molecule has 0 saturated carbocycles. The highest BCUT2D eigenvalue weighted by Crippen LogP contribution is 2.27. The minimum absolute atomic E-state index is 0.580. The number of halogens is 1. The molecule has 0 fully saturated rings. The molecular formula is C12H9ClN4S. The zero-order chi connectivity index (χ0) is 12.5. The standard InChI is InChI=1S/C12H9ClN4S/c1-18-12-15-11-14-7-6-10(17(11)16-12)8-4-2-3-5-9(8)13/h2-7H,1H3. The molecule has 0 aliphatic carbocycles. The van der Waals surface area contributed by atoms with E-state index in [1.807, 2.05) is 36.6 Å². The van der Waals surface area contributed by atoms with Crippen LogP contribution in [0.15, 0.2) is 41.7 Å². The normalized spacial score (nSPS) is 11.0. The second kappa shape index (κ2) is 4.59. The SMILES string of the molecule is CSc1nc2nccc(-c3ccccc3Cl)n2n1. The number of hydrogen-bond donors (Lipinski definition) is 0. The molecule has 0 radical (unpaired) electrons. The van der Waals surface area contributed by atoms with Crippen LogP contribution in [0.25, 0.3) is 17.0 Å². The molecular weight excluding hydrogens is 268 g/mol. The van der Waals surface area contributed by atoms with E-state index in [-0.39, 0.29) is 0 Å². The van der Waals surface area contributed by atoms with Gasteiger partial charge in [-0.3, -0.25) is 0 Å². The van der Waals surface area contributed by atoms with Crippen molar-refractivity contribution in [1.82, 2.24) is 19.6 Å². The van der Waals surface area contributed by atoms with Crippen molar-refractivity contribution in [3.8, 4) is 11.3 Å². The molecule has 2 aromatic heterocycles. The quantitative estimate of drug-likeness (QED) is 0.674. The Morgan fingerprint density at radius 1 is 1.22 bits per heavy atom. The lowest BCUT2D eigenvalue weighted by molar-refractivity contribution is 0.887. The summed E-state index contributed by atoms with van der Waals surface area (Å²) in [5.74, 6) is 0.580. The van der Waals surface area contributed by atoms with Crippen molar-refractivity contribution in [2.75, 3.05) is 6.26 Å². The number of thioether (sulfide) groups is 1. The average molecular weight is 277 g/mol. The van der Waals surface area contributed by atoms with Gasteiger partial charge in [0.25, 0.3) is 5.78 Å². The molecule has 0 aliphatic heterocycles. The third-order valence-corrected chi connectivity index (χ3v) is 3.42. The fraction of sp³-hybridized carbons (Fsp3) is 0.0833. The van der Waals surface area contributed by atoms with Crippen molar-refractivity contribution in [2.24, 2.45) is 0 Å². The number of rotatable bonds is 2. The van der Waals surface area contributed by atoms with Gasteiger partial charge in [0.05, 0.1) is 5.69 Å². The van der Waals surface area contributed by atoms with Crippen LogP contribution in [0.3, 0.4) is 0 Å². The minimum atomic E-state index is 0.580. The number of nitrogens with zero attached hydrogens (tertiary/aromatic N) is 4. The summed E-state index contributed by atoms with van der Waals surface area (Å²) in [5.41, 5.74) is 1.81. The zero-order valence-electron chi connectivity index (χ0n) is 9.54. The highest BCUT2D eigenvalue weighted by atomic mass is 35.5. The van der Waals surface area contributed by atoms with Gasteiger partial charge in [-0.05, 0) is 18.4 Å². The Morgan fingerprint density at radius 3 is 2.83 bits per heavy atom. The first-order chi connectivity index (χ1) is 8.79. The second-order valence-corrected chi connectivity index (χ2v) is 4.80. The van der Waals surface area contributed by atoms with Crippen LogP contribution in [0.5, 0.6) is 0 Å². The molecule has 0 unspecified atom stereocenters. The van der Waals surface area contributed by atoms with Crippen molar-refractivity contribution in [1.29, 1.82) is 0 Å². The highest BCUT2D eigenvalue weighted by Gasteiger charge is 2.11. The van der Waals surface area contributed by atoms with E-state index in [4.69, 9.17) is 11.6 Å². The Balaban J connectivity index is 2.29. The average Bonchev–Trinajstić information content (AvgIpc) is 2.82. The molecule has 0 N–H and O–H groups in total. The summed E-state index contributed by atoms with van der Waals surface area (Å²) in [4.78, 5) is 8.51. The summed E-state index contributed by atoms with van der Waals surface area (Å²) in [6.07, 6.45) is 3.65. The molecule has 0 saturated heterocycles. The van der Waals surface area contributed by atoms with Gasteiger partial charge in [-0.1, -0.05) is 41.6 Å². The summed E-state index contributed by atoms with van der Waals surface area (Å²) in [6, 6.07) is 9.54. The van der Waals surface area contributed by atoms with Gasteiger partial charge in [-0.15, -0.1) is 5.10 Å². The number of aromatic nitrogens is 4. The predicted octanol–water partition coefficient (Wildman–Crippen LogP) is 3.17. The predicted molar refractivity (Wildman–Crippen MR) is 73.0 cm³/mol. The fourth-order valence-electron chi connectivity index (χ4n) is 1.74. The van der Waals surface area contributed by atoms with E-state index in [0.29, 0.717) is 16.0 Å². The lowest BCUT2D eigenvalue weighted by Gasteiger charge is -2.05. The van der Waals surface area contributed by atoms with Crippen LogP contribution >= 0.6 is 23.4 Å². The largest absolute Gasteiger partial charge is 0.253 e. The molecule has 3 aromatic rings. The van der Waals surface area contributed by atoms with Gasteiger partial charge in [-0.25, -0.2) is 4.98 Å². The van der Waals surface area contributed by atoms with E-state index < -0.39 is 0 Å². The third-order valence-electron chi connectivity index (χ3n) is 2.55. The minimum Gasteiger partial charge on any atom is -0.220 e. The zero-order valence-corrected chi connectivity index (χ0v) is 11.1. The molecule has 6 heteroatoms. The van der Waals surface area contributed by atoms with Crippen molar-refractivity contribution in [3.05, 3.63) is 41.6 Å². The Morgan fingerprint density at radius 2 is 2.06 bits per heavy atom. The topological polar surface area (TPSA) is 43.1 Å². The number of fused-ring (bicyclic) bond motifs is 1. The molecule has 0 bridgehead atoms. The van der Waals surface area contributed by atoms with Crippen LogP contribution in [-0.4, -0.2) is 25.8 Å². The van der Waals surface area contributed by atoms with E-state index in [0.717, 1.165) is 11.3 Å². The van der Waals surface area contributed by atoms with E-state index >= 15 is 0 Å². The lowest BCUT2D eigenvalue weighted by atomic mass is 10.1. The molecule has 18 heavy (non-hydrogen) atoms. The van der Waals surface area contributed by atoms with Gasteiger partial charge in [0.1, 0.15) is 0 Å². The maximum absolute atomic E-state index is 6.21. The number of benzene rings is 1. The van der Waals surface area contributed by atoms with E-state index in [1.54, 1.807) is 10.7 Å². The van der Waals surface area contributed by atoms with Crippen molar-refractivity contribution < 1.29 is 0 Å². The Hall–Kier alpha value is -1.59. The van der Waals surface area contributed by atoms with E-state index in [2.05, 4.69) is 15.1 Å². The molecule has 0 aliphatic rings. The van der Waals surface area contributed by atoms with Crippen LogP contribution in [0.1, 0.15) is 0 Å². The first-order valence-corrected chi connectivity index (χ1v) is 6.90. The summed E-state index contributed by atoms with van der Waals surface area (Å²) < 4.78 is 1.72. The van der Waals surface area contributed by atoms with Gasteiger partial charge in [0.15, 0.2) is 0 Å². The van der Waals surface area contributed by atoms with E-state index in [1.165, 1.54) is 11.8 Å². The van der Waals surface area contributed by atoms with Gasteiger partial charge in [-0.2, -0.15) is 9.50 Å². The summed E-state index contributed by atoms with van der Waals surface area (Å²) >= 11 is 7.70. The monoisotopic (exact) mass is 276 g/mol. The molecule has 4 nitrogen and oxygen atoms in total. The first-order valence-electron chi connectivity index (χ1n) is 5.30. The molecule has 1 aromatic carbocycles. The maximum Gasteiger partial charge on any atom is 0.253 e. The van der Waals surface area contributed by atoms with Crippen LogP contribution in [-0.2, 0) is 0 Å². The molecule has 3 rings (SSSR count). The molecule has 0 amide bonds. The van der Waals surface area contributed by atoms with Gasteiger partial charge >= 0.3 is 0 Å². The van der Waals surface area contributed by atoms with Crippen molar-refractivity contribution in [2.45, 2.75) is 5.16 Å². The summed E-state index contributed by atoms with van der Waals surface area (Å²) in [7, 11) is 0. The smallest absolute Gasteiger partial charge is 0.220 e. The fourth-order valence-corrected chi connectivity index (χ4v) is 2.30. The molecule has 90 valence electrons. The van der Waals surface area contributed by atoms with Crippen LogP contribution in [0.4, 0.5) is 0 Å². The molecule has 0 atom stereocenters. The van der Waals surface area contributed by atoms with Crippen LogP contribution in [0, 0.1) is 0 Å². The van der Waals surface area contributed by atoms with Crippen molar-refractivity contribution in [3.63, 3.8) is 0 Å². The summed E-state index contributed by atoms with van der Waals surface area (Å²) in [5, 5.41) is 5.78. The van der Waals surface area contributed by atoms with Crippen molar-refractivity contribution >= 4 is 29.1 Å². The molecule has 2 heterocycles. The first kappa shape index (κ1) is 11.5.